The molecule has 0 atom stereocenters. The Hall–Kier alpha value is -2.81. The molecular weight excluding hydrogens is 338 g/mol. The number of nitrogens with one attached hydrogen (secondary N) is 2. The van der Waals surface area contributed by atoms with Crippen LogP contribution in [0.3, 0.4) is 0 Å². The summed E-state index contributed by atoms with van der Waals surface area (Å²) in [6.07, 6.45) is 3.12. The van der Waals surface area contributed by atoms with Crippen molar-refractivity contribution >= 4 is 22.5 Å². The summed E-state index contributed by atoms with van der Waals surface area (Å²) in [4.78, 5) is 15.9. The zero-order valence-electron chi connectivity index (χ0n) is 14.2. The molecule has 3 rings (SSSR count). The third-order valence-corrected chi connectivity index (χ3v) is 4.62. The van der Waals surface area contributed by atoms with E-state index in [1.54, 1.807) is 11.0 Å². The van der Waals surface area contributed by atoms with Crippen LogP contribution in [-0.2, 0) is 12.0 Å². The lowest BCUT2D eigenvalue weighted by Gasteiger charge is -2.12. The van der Waals surface area contributed by atoms with Crippen LogP contribution < -0.4 is 10.6 Å². The molecule has 2 amide bonds. The van der Waals surface area contributed by atoms with E-state index in [0.717, 1.165) is 16.3 Å². The van der Waals surface area contributed by atoms with E-state index in [1.807, 2.05) is 24.3 Å². The van der Waals surface area contributed by atoms with Gasteiger partial charge < -0.3 is 5.32 Å². The molecule has 130 valence electrons. The van der Waals surface area contributed by atoms with Crippen molar-refractivity contribution in [1.82, 2.24) is 30.3 Å². The summed E-state index contributed by atoms with van der Waals surface area (Å²) in [7, 11) is 0. The van der Waals surface area contributed by atoms with Gasteiger partial charge >= 0.3 is 6.03 Å². The molecule has 3 aromatic rings. The van der Waals surface area contributed by atoms with Crippen molar-refractivity contribution in [2.45, 2.75) is 32.7 Å². The molecule has 2 aromatic heterocycles. The predicted octanol–water partition coefficient (Wildman–Crippen LogP) is 2.74. The molecule has 0 bridgehead atoms. The lowest BCUT2D eigenvalue weighted by atomic mass is 9.98. The third kappa shape index (κ3) is 4.38. The van der Waals surface area contributed by atoms with Crippen LogP contribution in [0.15, 0.2) is 36.9 Å². The van der Waals surface area contributed by atoms with Crippen molar-refractivity contribution in [2.75, 3.05) is 5.32 Å². The summed E-state index contributed by atoms with van der Waals surface area (Å²) >= 11 is 1.38. The van der Waals surface area contributed by atoms with Crippen molar-refractivity contribution < 1.29 is 4.79 Å². The second-order valence-corrected chi connectivity index (χ2v) is 7.45. The van der Waals surface area contributed by atoms with Gasteiger partial charge in [-0.25, -0.2) is 14.5 Å². The predicted molar refractivity (Wildman–Crippen MR) is 95.8 cm³/mol. The molecule has 0 saturated heterocycles. The van der Waals surface area contributed by atoms with Crippen LogP contribution in [0.4, 0.5) is 9.93 Å². The molecule has 8 nitrogen and oxygen atoms in total. The Morgan fingerprint density at radius 2 is 1.96 bits per heavy atom. The number of carbonyl (C=O) groups excluding carboxylic acids is 1. The van der Waals surface area contributed by atoms with Crippen LogP contribution in [0.2, 0.25) is 0 Å². The van der Waals surface area contributed by atoms with Gasteiger partial charge in [0.1, 0.15) is 17.7 Å². The SMILES string of the molecule is CC(C)(C)c1nnc(NC(=O)NCc2ccc(-n3cncn3)cc2)s1. The van der Waals surface area contributed by atoms with Crippen molar-refractivity contribution in [3.8, 4) is 5.69 Å². The number of hydrogen-bond acceptors (Lipinski definition) is 6. The van der Waals surface area contributed by atoms with Crippen molar-refractivity contribution in [2.24, 2.45) is 0 Å². The average Bonchev–Trinajstić information content (AvgIpc) is 3.24. The van der Waals surface area contributed by atoms with E-state index in [4.69, 9.17) is 0 Å². The molecule has 0 spiro atoms. The summed E-state index contributed by atoms with van der Waals surface area (Å²) in [5.74, 6) is 0. The normalized spacial score (nSPS) is 11.3. The minimum absolute atomic E-state index is 0.0834. The zero-order chi connectivity index (χ0) is 17.9. The van der Waals surface area contributed by atoms with Gasteiger partial charge in [0.25, 0.3) is 0 Å². The maximum absolute atomic E-state index is 12.0. The molecule has 0 aliphatic carbocycles. The quantitative estimate of drug-likeness (QED) is 0.748. The van der Waals surface area contributed by atoms with Crippen LogP contribution in [0.5, 0.6) is 0 Å². The second-order valence-electron chi connectivity index (χ2n) is 6.48. The Labute approximate surface area is 149 Å². The fourth-order valence-electron chi connectivity index (χ4n) is 2.01. The largest absolute Gasteiger partial charge is 0.334 e. The number of rotatable bonds is 4. The maximum Gasteiger partial charge on any atom is 0.321 e. The fourth-order valence-corrected chi connectivity index (χ4v) is 2.80. The first-order chi connectivity index (χ1) is 11.9. The number of benzene rings is 1. The van der Waals surface area contributed by atoms with E-state index in [0.29, 0.717) is 11.7 Å². The van der Waals surface area contributed by atoms with E-state index < -0.39 is 0 Å². The van der Waals surface area contributed by atoms with Crippen molar-refractivity contribution in [1.29, 1.82) is 0 Å². The molecule has 2 N–H and O–H groups in total. The topological polar surface area (TPSA) is 97.6 Å². The van der Waals surface area contributed by atoms with Crippen LogP contribution in [-0.4, -0.2) is 31.0 Å². The number of hydrogen-bond donors (Lipinski definition) is 2. The molecule has 25 heavy (non-hydrogen) atoms. The average molecular weight is 357 g/mol. The summed E-state index contributed by atoms with van der Waals surface area (Å²) in [6, 6.07) is 7.39. The molecule has 2 heterocycles. The number of nitrogens with zero attached hydrogens (tertiary/aromatic N) is 5. The van der Waals surface area contributed by atoms with Crippen LogP contribution in [0.1, 0.15) is 31.3 Å². The molecule has 0 fully saturated rings. The van der Waals surface area contributed by atoms with Gasteiger partial charge in [-0.2, -0.15) is 5.10 Å². The van der Waals surface area contributed by atoms with Gasteiger partial charge in [0.05, 0.1) is 5.69 Å². The molecule has 0 unspecified atom stereocenters. The van der Waals surface area contributed by atoms with Gasteiger partial charge in [0, 0.05) is 12.0 Å². The molecule has 0 radical (unpaired) electrons. The first-order valence-corrected chi connectivity index (χ1v) is 8.56. The van der Waals surface area contributed by atoms with Crippen molar-refractivity contribution in [3.63, 3.8) is 0 Å². The Morgan fingerprint density at radius 1 is 1.20 bits per heavy atom. The number of anilines is 1. The zero-order valence-corrected chi connectivity index (χ0v) is 15.0. The van der Waals surface area contributed by atoms with Gasteiger partial charge in [0.2, 0.25) is 5.13 Å². The summed E-state index contributed by atoms with van der Waals surface area (Å²) < 4.78 is 1.67. The van der Waals surface area contributed by atoms with Gasteiger partial charge in [-0.3, -0.25) is 5.32 Å². The van der Waals surface area contributed by atoms with Crippen LogP contribution in [0.25, 0.3) is 5.69 Å². The minimum atomic E-state index is -0.308. The number of aromatic nitrogens is 5. The molecule has 1 aromatic carbocycles. The highest BCUT2D eigenvalue weighted by Gasteiger charge is 2.19. The smallest absolute Gasteiger partial charge is 0.321 e. The summed E-state index contributed by atoms with van der Waals surface area (Å²) in [5, 5.41) is 19.1. The summed E-state index contributed by atoms with van der Waals surface area (Å²) in [6.45, 7) is 6.58. The summed E-state index contributed by atoms with van der Waals surface area (Å²) in [5.41, 5.74) is 1.81. The van der Waals surface area contributed by atoms with Gasteiger partial charge in [0.15, 0.2) is 0 Å². The van der Waals surface area contributed by atoms with Gasteiger partial charge in [-0.15, -0.1) is 10.2 Å². The highest BCUT2D eigenvalue weighted by atomic mass is 32.1. The third-order valence-electron chi connectivity index (χ3n) is 3.36. The molecule has 0 aliphatic rings. The van der Waals surface area contributed by atoms with Crippen LogP contribution >= 0.6 is 11.3 Å². The van der Waals surface area contributed by atoms with E-state index in [2.05, 4.69) is 51.7 Å². The first kappa shape index (κ1) is 17.0. The first-order valence-electron chi connectivity index (χ1n) is 7.74. The second kappa shape index (κ2) is 6.98. The Bertz CT molecular complexity index is 834. The van der Waals surface area contributed by atoms with Gasteiger partial charge in [-0.05, 0) is 17.7 Å². The number of carbonyl (C=O) groups is 1. The Morgan fingerprint density at radius 3 is 2.56 bits per heavy atom. The lowest BCUT2D eigenvalue weighted by Crippen LogP contribution is -2.28. The fraction of sp³-hybridized carbons (Fsp3) is 0.312. The minimum Gasteiger partial charge on any atom is -0.334 e. The molecular formula is C16H19N7OS. The standard InChI is InChI=1S/C16H19N7OS/c1-16(2,3)13-21-22-15(25-13)20-14(24)18-8-11-4-6-12(7-5-11)23-10-17-9-19-23/h4-7,9-10H,8H2,1-3H3,(H2,18,20,22,24). The molecule has 0 saturated carbocycles. The monoisotopic (exact) mass is 357 g/mol. The van der Waals surface area contributed by atoms with E-state index >= 15 is 0 Å². The maximum atomic E-state index is 12.0. The highest BCUT2D eigenvalue weighted by Crippen LogP contribution is 2.27. The Balaban J connectivity index is 1.53. The number of urea groups is 1. The van der Waals surface area contributed by atoms with Crippen LogP contribution in [0, 0.1) is 0 Å². The lowest BCUT2D eigenvalue weighted by molar-refractivity contribution is 0.251. The highest BCUT2D eigenvalue weighted by molar-refractivity contribution is 7.15. The van der Waals surface area contributed by atoms with Gasteiger partial charge in [-0.1, -0.05) is 44.2 Å². The molecule has 9 heteroatoms. The van der Waals surface area contributed by atoms with E-state index in [9.17, 15) is 4.79 Å². The van der Waals surface area contributed by atoms with E-state index in [-0.39, 0.29) is 11.4 Å². The van der Waals surface area contributed by atoms with E-state index in [1.165, 1.54) is 17.7 Å². The van der Waals surface area contributed by atoms with Crippen molar-refractivity contribution in [3.05, 3.63) is 47.5 Å². The molecule has 0 aliphatic heterocycles. The Kier molecular flexibility index (Phi) is 4.75. The number of amides is 2.